The van der Waals surface area contributed by atoms with Crippen LogP contribution in [0.5, 0.6) is 0 Å². The summed E-state index contributed by atoms with van der Waals surface area (Å²) >= 11 is 0. The summed E-state index contributed by atoms with van der Waals surface area (Å²) in [5.41, 5.74) is -0.509. The monoisotopic (exact) mass is 420 g/mol. The van der Waals surface area contributed by atoms with E-state index in [0.29, 0.717) is 38.7 Å². The third-order valence-corrected chi connectivity index (χ3v) is 4.77. The first-order valence-electron chi connectivity index (χ1n) is 9.78. The Balaban J connectivity index is 2.47. The van der Waals surface area contributed by atoms with Crippen LogP contribution in [0.3, 0.4) is 0 Å². The molecule has 1 heterocycles. The smallest absolute Gasteiger partial charge is 0.410 e. The molecular formula is C18H36N4O5S. The molecule has 9 nitrogen and oxygen atoms in total. The second kappa shape index (κ2) is 11.5. The molecule has 1 aliphatic heterocycles. The first kappa shape index (κ1) is 24.5. The van der Waals surface area contributed by atoms with Gasteiger partial charge in [-0.2, -0.15) is 0 Å². The third-order valence-electron chi connectivity index (χ3n) is 3.86. The molecule has 0 radical (unpaired) electrons. The summed E-state index contributed by atoms with van der Waals surface area (Å²) < 4.78 is 32.9. The molecule has 28 heavy (non-hydrogen) atoms. The van der Waals surface area contributed by atoms with Crippen LogP contribution in [0.1, 0.15) is 40.5 Å². The first-order chi connectivity index (χ1) is 13.0. The highest BCUT2D eigenvalue weighted by Crippen LogP contribution is 2.15. The van der Waals surface area contributed by atoms with E-state index < -0.39 is 15.4 Å². The SMILES string of the molecule is CCNC(=NCCOCCS(C)(=O)=O)NC1CCCN(C(=O)OC(C)(C)C)C1. The van der Waals surface area contributed by atoms with E-state index >= 15 is 0 Å². The van der Waals surface area contributed by atoms with Crippen molar-refractivity contribution in [3.63, 3.8) is 0 Å². The van der Waals surface area contributed by atoms with Crippen LogP contribution in [0.4, 0.5) is 4.79 Å². The molecule has 10 heteroatoms. The van der Waals surface area contributed by atoms with Crippen LogP contribution >= 0.6 is 0 Å². The highest BCUT2D eigenvalue weighted by molar-refractivity contribution is 7.90. The standard InChI is InChI=1S/C18H36N4O5S/c1-6-19-16(20-9-11-26-12-13-28(5,24)25)21-15-8-7-10-22(14-15)17(23)27-18(2,3)4/h15H,6-14H2,1-5H3,(H2,19,20,21). The van der Waals surface area contributed by atoms with Gasteiger partial charge in [0.2, 0.25) is 0 Å². The lowest BCUT2D eigenvalue weighted by molar-refractivity contribution is 0.0193. The maximum absolute atomic E-state index is 12.3. The summed E-state index contributed by atoms with van der Waals surface area (Å²) in [6.07, 6.45) is 2.73. The molecule has 1 saturated heterocycles. The average molecular weight is 421 g/mol. The van der Waals surface area contributed by atoms with Gasteiger partial charge in [0.15, 0.2) is 5.96 Å². The zero-order valence-corrected chi connectivity index (χ0v) is 18.6. The van der Waals surface area contributed by atoms with Gasteiger partial charge in [0.1, 0.15) is 15.4 Å². The molecule has 1 aliphatic rings. The number of carbonyl (C=O) groups excluding carboxylic acids is 1. The van der Waals surface area contributed by atoms with Gasteiger partial charge in [0.05, 0.1) is 25.5 Å². The summed E-state index contributed by atoms with van der Waals surface area (Å²) in [6, 6.07) is 0.0882. The summed E-state index contributed by atoms with van der Waals surface area (Å²) in [6.45, 7) is 10.5. The van der Waals surface area contributed by atoms with Crippen molar-refractivity contribution in [3.8, 4) is 0 Å². The van der Waals surface area contributed by atoms with Gasteiger partial charge >= 0.3 is 6.09 Å². The molecule has 0 saturated carbocycles. The van der Waals surface area contributed by atoms with E-state index in [1.54, 1.807) is 4.90 Å². The van der Waals surface area contributed by atoms with E-state index in [4.69, 9.17) is 9.47 Å². The lowest BCUT2D eigenvalue weighted by Gasteiger charge is -2.35. The van der Waals surface area contributed by atoms with Crippen molar-refractivity contribution in [1.82, 2.24) is 15.5 Å². The molecule has 0 aliphatic carbocycles. The fourth-order valence-electron chi connectivity index (χ4n) is 2.63. The Kier molecular flexibility index (Phi) is 10.0. The van der Waals surface area contributed by atoms with Crippen LogP contribution in [0, 0.1) is 0 Å². The van der Waals surface area contributed by atoms with E-state index in [1.807, 2.05) is 27.7 Å². The number of ether oxygens (including phenoxy) is 2. The number of nitrogens with zero attached hydrogens (tertiary/aromatic N) is 2. The summed E-state index contributed by atoms with van der Waals surface area (Å²) in [4.78, 5) is 18.5. The average Bonchev–Trinajstić information content (AvgIpc) is 2.56. The van der Waals surface area contributed by atoms with E-state index in [0.717, 1.165) is 12.8 Å². The van der Waals surface area contributed by atoms with Gasteiger partial charge in [0, 0.05) is 31.9 Å². The Morgan fingerprint density at radius 1 is 1.29 bits per heavy atom. The highest BCUT2D eigenvalue weighted by Gasteiger charge is 2.27. The van der Waals surface area contributed by atoms with Gasteiger partial charge in [-0.1, -0.05) is 0 Å². The zero-order valence-electron chi connectivity index (χ0n) is 17.8. The Labute approximate surface area is 169 Å². The molecule has 1 rings (SSSR count). The fourth-order valence-corrected chi connectivity index (χ4v) is 3.06. The Hall–Kier alpha value is -1.55. The minimum Gasteiger partial charge on any atom is -0.444 e. The van der Waals surface area contributed by atoms with Crippen molar-refractivity contribution in [2.75, 3.05) is 51.4 Å². The number of likely N-dealkylation sites (tertiary alicyclic amines) is 1. The zero-order chi connectivity index (χ0) is 21.2. The van der Waals surface area contributed by atoms with Gasteiger partial charge in [-0.25, -0.2) is 13.2 Å². The van der Waals surface area contributed by atoms with Crippen LogP contribution in [-0.4, -0.2) is 88.4 Å². The molecular weight excluding hydrogens is 384 g/mol. The number of guanidine groups is 1. The van der Waals surface area contributed by atoms with Crippen LogP contribution in [-0.2, 0) is 19.3 Å². The number of hydrogen-bond acceptors (Lipinski definition) is 6. The van der Waals surface area contributed by atoms with Crippen molar-refractivity contribution in [2.24, 2.45) is 4.99 Å². The molecule has 0 aromatic heterocycles. The molecule has 0 aromatic carbocycles. The van der Waals surface area contributed by atoms with Crippen LogP contribution in [0.2, 0.25) is 0 Å². The van der Waals surface area contributed by atoms with Gasteiger partial charge < -0.3 is 25.0 Å². The lowest BCUT2D eigenvalue weighted by atomic mass is 10.1. The number of piperidine rings is 1. The van der Waals surface area contributed by atoms with Crippen molar-refractivity contribution < 1.29 is 22.7 Å². The predicted octanol–water partition coefficient (Wildman–Crippen LogP) is 1.00. The summed E-state index contributed by atoms with van der Waals surface area (Å²) in [7, 11) is -3.01. The van der Waals surface area contributed by atoms with Crippen molar-refractivity contribution >= 4 is 21.9 Å². The van der Waals surface area contributed by atoms with Gasteiger partial charge in [-0.05, 0) is 40.5 Å². The summed E-state index contributed by atoms with van der Waals surface area (Å²) in [5.74, 6) is 0.669. The topological polar surface area (TPSA) is 109 Å². The number of hydrogen-bond donors (Lipinski definition) is 2. The minimum atomic E-state index is -3.01. The largest absolute Gasteiger partial charge is 0.444 e. The van der Waals surface area contributed by atoms with Crippen LogP contribution in [0.15, 0.2) is 4.99 Å². The van der Waals surface area contributed by atoms with Gasteiger partial charge in [-0.15, -0.1) is 0 Å². The molecule has 0 spiro atoms. The molecule has 1 fully saturated rings. The molecule has 0 bridgehead atoms. The van der Waals surface area contributed by atoms with Gasteiger partial charge in [0.25, 0.3) is 0 Å². The Morgan fingerprint density at radius 3 is 2.61 bits per heavy atom. The molecule has 0 aromatic rings. The fraction of sp³-hybridized carbons (Fsp3) is 0.889. The minimum absolute atomic E-state index is 0.0115. The summed E-state index contributed by atoms with van der Waals surface area (Å²) in [5, 5.41) is 6.54. The number of rotatable bonds is 8. The van der Waals surface area contributed by atoms with E-state index in [1.165, 1.54) is 6.26 Å². The van der Waals surface area contributed by atoms with Crippen LogP contribution < -0.4 is 10.6 Å². The van der Waals surface area contributed by atoms with Crippen molar-refractivity contribution in [2.45, 2.75) is 52.2 Å². The van der Waals surface area contributed by atoms with E-state index in [9.17, 15) is 13.2 Å². The Bertz CT molecular complexity index is 616. The second-order valence-corrected chi connectivity index (χ2v) is 10.2. The maximum atomic E-state index is 12.3. The number of carbonyl (C=O) groups is 1. The molecule has 1 atom stereocenters. The predicted molar refractivity (Wildman–Crippen MR) is 110 cm³/mol. The third kappa shape index (κ3) is 11.3. The van der Waals surface area contributed by atoms with E-state index in [-0.39, 0.29) is 24.5 Å². The maximum Gasteiger partial charge on any atom is 0.410 e. The highest BCUT2D eigenvalue weighted by atomic mass is 32.2. The Morgan fingerprint density at radius 2 is 2.00 bits per heavy atom. The van der Waals surface area contributed by atoms with Crippen molar-refractivity contribution in [1.29, 1.82) is 0 Å². The first-order valence-corrected chi connectivity index (χ1v) is 11.8. The normalized spacial score (nSPS) is 18.7. The number of aliphatic imine (C=N–C) groups is 1. The van der Waals surface area contributed by atoms with Crippen LogP contribution in [0.25, 0.3) is 0 Å². The number of nitrogens with one attached hydrogen (secondary N) is 2. The molecule has 1 amide bonds. The quantitative estimate of drug-likeness (QED) is 0.342. The van der Waals surface area contributed by atoms with Crippen molar-refractivity contribution in [3.05, 3.63) is 0 Å². The molecule has 164 valence electrons. The molecule has 1 unspecified atom stereocenters. The van der Waals surface area contributed by atoms with Gasteiger partial charge in [-0.3, -0.25) is 4.99 Å². The number of amides is 1. The lowest BCUT2D eigenvalue weighted by Crippen LogP contribution is -2.53. The van der Waals surface area contributed by atoms with E-state index in [2.05, 4.69) is 15.6 Å². The number of sulfone groups is 1. The second-order valence-electron chi connectivity index (χ2n) is 7.91. The molecule has 2 N–H and O–H groups in total.